The topological polar surface area (TPSA) is 60.2 Å². The van der Waals surface area contributed by atoms with Crippen molar-refractivity contribution in [3.63, 3.8) is 0 Å². The van der Waals surface area contributed by atoms with Crippen LogP contribution in [-0.4, -0.2) is 14.2 Å². The predicted octanol–water partition coefficient (Wildman–Crippen LogP) is 2.92. The molecule has 0 bridgehead atoms. The second kappa shape index (κ2) is 6.41. The van der Waals surface area contributed by atoms with Crippen molar-refractivity contribution in [1.82, 2.24) is 0 Å². The third kappa shape index (κ3) is 4.41. The summed E-state index contributed by atoms with van der Waals surface area (Å²) in [5.74, 6) is -0.00140. The second-order valence-corrected chi connectivity index (χ2v) is 7.62. The fraction of sp³-hybridized carbons (Fsp3) is 0.294. The maximum absolute atomic E-state index is 12.3. The molecule has 3 nitrogen and oxygen atoms in total. The fourth-order valence-electron chi connectivity index (χ4n) is 2.41. The molecule has 21 heavy (non-hydrogen) atoms. The van der Waals surface area contributed by atoms with Crippen molar-refractivity contribution >= 4 is 9.84 Å². The van der Waals surface area contributed by atoms with Gasteiger partial charge in [-0.3, -0.25) is 0 Å². The molecule has 0 saturated carbocycles. The molecule has 1 unspecified atom stereocenters. The average molecular weight is 303 g/mol. The largest absolute Gasteiger partial charge is 0.323 e. The van der Waals surface area contributed by atoms with E-state index >= 15 is 0 Å². The van der Waals surface area contributed by atoms with E-state index in [1.165, 1.54) is 0 Å². The highest BCUT2D eigenvalue weighted by atomic mass is 32.2. The lowest BCUT2D eigenvalue weighted by molar-refractivity contribution is 0.588. The first-order chi connectivity index (χ1) is 9.87. The summed E-state index contributed by atoms with van der Waals surface area (Å²) in [6, 6.07) is 14.7. The first kappa shape index (κ1) is 15.7. The number of hydrogen-bond acceptors (Lipinski definition) is 3. The zero-order valence-electron chi connectivity index (χ0n) is 12.4. The van der Waals surface area contributed by atoms with E-state index in [1.54, 1.807) is 0 Å². The quantitative estimate of drug-likeness (QED) is 0.924. The molecule has 0 aliphatic carbocycles. The first-order valence-electron chi connectivity index (χ1n) is 6.94. The zero-order valence-corrected chi connectivity index (χ0v) is 13.2. The van der Waals surface area contributed by atoms with Gasteiger partial charge in [-0.25, -0.2) is 8.42 Å². The Morgan fingerprint density at radius 3 is 2.38 bits per heavy atom. The number of hydrogen-bond donors (Lipinski definition) is 1. The van der Waals surface area contributed by atoms with Crippen LogP contribution in [0.25, 0.3) is 0 Å². The van der Waals surface area contributed by atoms with E-state index in [-0.39, 0.29) is 11.5 Å². The Kier molecular flexibility index (Phi) is 4.80. The van der Waals surface area contributed by atoms with E-state index in [4.69, 9.17) is 5.73 Å². The van der Waals surface area contributed by atoms with Gasteiger partial charge in [-0.05, 0) is 30.5 Å². The predicted molar refractivity (Wildman–Crippen MR) is 86.8 cm³/mol. The molecule has 0 fully saturated rings. The van der Waals surface area contributed by atoms with Gasteiger partial charge in [0.2, 0.25) is 0 Å². The third-order valence-electron chi connectivity index (χ3n) is 3.50. The lowest BCUT2D eigenvalue weighted by Crippen LogP contribution is -2.23. The smallest absolute Gasteiger partial charge is 0.156 e. The molecule has 2 aromatic carbocycles. The molecule has 0 aliphatic heterocycles. The van der Waals surface area contributed by atoms with Crippen LogP contribution in [0.5, 0.6) is 0 Å². The van der Waals surface area contributed by atoms with Gasteiger partial charge in [-0.2, -0.15) is 0 Å². The van der Waals surface area contributed by atoms with Gasteiger partial charge in [-0.1, -0.05) is 54.1 Å². The Balaban J connectivity index is 2.14. The molecular formula is C17H21NO2S. The van der Waals surface area contributed by atoms with Crippen molar-refractivity contribution in [2.75, 3.05) is 5.75 Å². The highest BCUT2D eigenvalue weighted by molar-refractivity contribution is 7.90. The zero-order chi connectivity index (χ0) is 15.5. The number of aryl methyl sites for hydroxylation is 2. The average Bonchev–Trinajstić information content (AvgIpc) is 2.41. The van der Waals surface area contributed by atoms with Gasteiger partial charge in [0.25, 0.3) is 0 Å². The number of sulfone groups is 1. The van der Waals surface area contributed by atoms with Crippen molar-refractivity contribution in [2.45, 2.75) is 25.6 Å². The van der Waals surface area contributed by atoms with E-state index in [1.807, 2.05) is 62.4 Å². The summed E-state index contributed by atoms with van der Waals surface area (Å²) in [6.45, 7) is 3.94. The van der Waals surface area contributed by atoms with Crippen LogP contribution in [0, 0.1) is 13.8 Å². The lowest BCUT2D eigenvalue weighted by atomic mass is 10.0. The Morgan fingerprint density at radius 2 is 1.71 bits per heavy atom. The monoisotopic (exact) mass is 303 g/mol. The van der Waals surface area contributed by atoms with Gasteiger partial charge in [-0.15, -0.1) is 0 Å². The summed E-state index contributed by atoms with van der Waals surface area (Å²) in [5.41, 5.74) is 9.95. The summed E-state index contributed by atoms with van der Waals surface area (Å²) in [7, 11) is -3.24. The molecule has 0 radical (unpaired) electrons. The van der Waals surface area contributed by atoms with Crippen LogP contribution in [0.1, 0.15) is 28.3 Å². The fourth-order valence-corrected chi connectivity index (χ4v) is 3.95. The van der Waals surface area contributed by atoms with Crippen LogP contribution in [0.15, 0.2) is 48.5 Å². The lowest BCUT2D eigenvalue weighted by Gasteiger charge is -2.16. The van der Waals surface area contributed by atoms with Gasteiger partial charge in [0.05, 0.1) is 11.5 Å². The summed E-state index contributed by atoms with van der Waals surface area (Å²) >= 11 is 0. The van der Waals surface area contributed by atoms with E-state index in [9.17, 15) is 8.42 Å². The van der Waals surface area contributed by atoms with Crippen LogP contribution in [-0.2, 0) is 15.6 Å². The van der Waals surface area contributed by atoms with Crippen LogP contribution in [0.2, 0.25) is 0 Å². The van der Waals surface area contributed by atoms with Gasteiger partial charge in [0, 0.05) is 6.04 Å². The molecule has 0 heterocycles. The molecule has 0 amide bonds. The Morgan fingerprint density at radius 1 is 1.05 bits per heavy atom. The molecule has 2 N–H and O–H groups in total. The molecule has 0 saturated heterocycles. The van der Waals surface area contributed by atoms with Gasteiger partial charge >= 0.3 is 0 Å². The normalized spacial score (nSPS) is 13.1. The molecule has 2 rings (SSSR count). The maximum Gasteiger partial charge on any atom is 0.156 e. The SMILES string of the molecule is Cc1ccc(C)c(C(N)CS(=O)(=O)Cc2ccccc2)c1. The van der Waals surface area contributed by atoms with Crippen LogP contribution in [0.3, 0.4) is 0 Å². The number of benzene rings is 2. The first-order valence-corrected chi connectivity index (χ1v) is 8.76. The van der Waals surface area contributed by atoms with Crippen LogP contribution < -0.4 is 5.73 Å². The Hall–Kier alpha value is -1.65. The summed E-state index contributed by atoms with van der Waals surface area (Å²) in [5, 5.41) is 0. The molecule has 4 heteroatoms. The van der Waals surface area contributed by atoms with Crippen molar-refractivity contribution < 1.29 is 8.42 Å². The van der Waals surface area contributed by atoms with E-state index in [0.29, 0.717) is 0 Å². The second-order valence-electron chi connectivity index (χ2n) is 5.51. The van der Waals surface area contributed by atoms with Crippen molar-refractivity contribution in [3.05, 3.63) is 70.8 Å². The minimum atomic E-state index is -3.24. The highest BCUT2D eigenvalue weighted by Crippen LogP contribution is 2.20. The minimum Gasteiger partial charge on any atom is -0.323 e. The molecular weight excluding hydrogens is 282 g/mol. The van der Waals surface area contributed by atoms with E-state index in [0.717, 1.165) is 22.3 Å². The molecule has 2 aromatic rings. The Bertz CT molecular complexity index is 709. The van der Waals surface area contributed by atoms with Gasteiger partial charge < -0.3 is 5.73 Å². The van der Waals surface area contributed by atoms with Crippen molar-refractivity contribution in [2.24, 2.45) is 5.73 Å². The van der Waals surface area contributed by atoms with Gasteiger partial charge in [0.1, 0.15) is 0 Å². The number of rotatable bonds is 5. The highest BCUT2D eigenvalue weighted by Gasteiger charge is 2.19. The van der Waals surface area contributed by atoms with E-state index < -0.39 is 15.9 Å². The van der Waals surface area contributed by atoms with Crippen LogP contribution in [0.4, 0.5) is 0 Å². The minimum absolute atomic E-state index is 0.0341. The molecule has 112 valence electrons. The van der Waals surface area contributed by atoms with Gasteiger partial charge in [0.15, 0.2) is 9.84 Å². The summed E-state index contributed by atoms with van der Waals surface area (Å²) < 4.78 is 24.6. The number of nitrogens with two attached hydrogens (primary N) is 1. The molecule has 1 atom stereocenters. The standard InChI is InChI=1S/C17H21NO2S/c1-13-8-9-14(2)16(10-13)17(18)12-21(19,20)11-15-6-4-3-5-7-15/h3-10,17H,11-12,18H2,1-2H3. The summed E-state index contributed by atoms with van der Waals surface area (Å²) in [4.78, 5) is 0. The van der Waals surface area contributed by atoms with Crippen molar-refractivity contribution in [1.29, 1.82) is 0 Å². The Labute approximate surface area is 126 Å². The molecule has 0 aliphatic rings. The third-order valence-corrected chi connectivity index (χ3v) is 5.14. The van der Waals surface area contributed by atoms with E-state index in [2.05, 4.69) is 0 Å². The maximum atomic E-state index is 12.3. The molecule has 0 aromatic heterocycles. The molecule has 0 spiro atoms. The van der Waals surface area contributed by atoms with Crippen LogP contribution >= 0.6 is 0 Å². The van der Waals surface area contributed by atoms with Crippen molar-refractivity contribution in [3.8, 4) is 0 Å². The summed E-state index contributed by atoms with van der Waals surface area (Å²) in [6.07, 6.45) is 0.